The zero-order valence-corrected chi connectivity index (χ0v) is 15.1. The van der Waals surface area contributed by atoms with Crippen molar-refractivity contribution >= 4 is 45.9 Å². The molecule has 0 radical (unpaired) electrons. The van der Waals surface area contributed by atoms with Crippen LogP contribution in [0.5, 0.6) is 11.5 Å². The summed E-state index contributed by atoms with van der Waals surface area (Å²) in [6.45, 7) is 1.70. The molecule has 0 saturated carbocycles. The molecule has 0 aliphatic carbocycles. The molecule has 2 aromatic carbocycles. The van der Waals surface area contributed by atoms with Crippen LogP contribution in [-0.4, -0.2) is 23.4 Å². The van der Waals surface area contributed by atoms with Crippen LogP contribution in [0.15, 0.2) is 47.4 Å². The number of rotatable bonds is 5. The fourth-order valence-corrected chi connectivity index (χ4v) is 2.79. The van der Waals surface area contributed by atoms with Gasteiger partial charge in [-0.25, -0.2) is 0 Å². The number of carbonyl (C=O) groups is 1. The zero-order valence-electron chi connectivity index (χ0n) is 12.2. The van der Waals surface area contributed by atoms with Crippen LogP contribution in [0.1, 0.15) is 6.92 Å². The number of hydrogen-bond donors (Lipinski definition) is 2. The predicted octanol–water partition coefficient (Wildman–Crippen LogP) is 4.12. The van der Waals surface area contributed by atoms with E-state index in [0.29, 0.717) is 11.4 Å². The van der Waals surface area contributed by atoms with Crippen molar-refractivity contribution < 1.29 is 14.6 Å². The second-order valence-corrected chi connectivity index (χ2v) is 6.63. The quantitative estimate of drug-likeness (QED) is 0.427. The fraction of sp³-hybridized carbons (Fsp3) is 0.188. The Kier molecular flexibility index (Phi) is 5.96. The van der Waals surface area contributed by atoms with E-state index in [0.717, 1.165) is 8.47 Å². The van der Waals surface area contributed by atoms with Gasteiger partial charge in [0.1, 0.15) is 11.5 Å². The summed E-state index contributed by atoms with van der Waals surface area (Å²) in [6, 6.07) is 12.4. The van der Waals surface area contributed by atoms with Crippen molar-refractivity contribution in [3.05, 3.63) is 46.0 Å². The molecule has 0 spiro atoms. The van der Waals surface area contributed by atoms with Crippen LogP contribution >= 0.6 is 34.4 Å². The van der Waals surface area contributed by atoms with E-state index >= 15 is 0 Å². The first-order chi connectivity index (χ1) is 10.5. The number of carbonyl (C=O) groups excluding carboxylic acids is 1. The van der Waals surface area contributed by atoms with E-state index in [1.165, 1.54) is 6.07 Å². The van der Waals surface area contributed by atoms with Crippen molar-refractivity contribution in [1.29, 1.82) is 0 Å². The number of phenols is 1. The molecule has 22 heavy (non-hydrogen) atoms. The zero-order chi connectivity index (χ0) is 16.1. The average Bonchev–Trinajstić information content (AvgIpc) is 2.50. The number of aromatic hydroxyl groups is 1. The van der Waals surface area contributed by atoms with Crippen molar-refractivity contribution in [1.82, 2.24) is 0 Å². The Labute approximate surface area is 147 Å². The van der Waals surface area contributed by atoms with Gasteiger partial charge in [0.2, 0.25) is 0 Å². The predicted molar refractivity (Wildman–Crippen MR) is 97.8 cm³/mol. The third kappa shape index (κ3) is 4.54. The van der Waals surface area contributed by atoms with Crippen molar-refractivity contribution in [2.75, 3.05) is 11.6 Å². The molecule has 0 heterocycles. The Morgan fingerprint density at radius 3 is 2.55 bits per heavy atom. The lowest BCUT2D eigenvalue weighted by molar-refractivity contribution is -0.122. The topological polar surface area (TPSA) is 58.6 Å². The normalized spacial score (nSPS) is 11.8. The third-order valence-corrected chi connectivity index (χ3v) is 4.59. The monoisotopic (exact) mass is 429 g/mol. The lowest BCUT2D eigenvalue weighted by atomic mass is 10.3. The number of nitrogens with one attached hydrogen (secondary N) is 1. The highest BCUT2D eigenvalue weighted by Crippen LogP contribution is 2.24. The summed E-state index contributed by atoms with van der Waals surface area (Å²) >= 11 is 3.71. The molecular formula is C16H16INO3S. The minimum absolute atomic E-state index is 0.167. The third-order valence-electron chi connectivity index (χ3n) is 2.95. The summed E-state index contributed by atoms with van der Waals surface area (Å²) in [4.78, 5) is 13.3. The summed E-state index contributed by atoms with van der Waals surface area (Å²) in [6.07, 6.45) is 1.38. The van der Waals surface area contributed by atoms with E-state index in [1.54, 1.807) is 30.8 Å². The molecule has 0 aliphatic heterocycles. The van der Waals surface area contributed by atoms with E-state index in [1.807, 2.05) is 30.5 Å². The van der Waals surface area contributed by atoms with Gasteiger partial charge in [-0.2, -0.15) is 0 Å². The van der Waals surface area contributed by atoms with Gasteiger partial charge in [0.25, 0.3) is 5.91 Å². The molecule has 0 unspecified atom stereocenters. The van der Waals surface area contributed by atoms with E-state index < -0.39 is 6.10 Å². The minimum Gasteiger partial charge on any atom is -0.508 e. The summed E-state index contributed by atoms with van der Waals surface area (Å²) in [7, 11) is 0. The van der Waals surface area contributed by atoms with E-state index in [9.17, 15) is 9.90 Å². The summed E-state index contributed by atoms with van der Waals surface area (Å²) in [5.74, 6) is 0.582. The molecule has 116 valence electrons. The van der Waals surface area contributed by atoms with Crippen LogP contribution in [0.3, 0.4) is 0 Å². The molecule has 0 fully saturated rings. The Hall–Kier alpha value is -1.41. The van der Waals surface area contributed by atoms with Crippen molar-refractivity contribution in [2.45, 2.75) is 17.9 Å². The van der Waals surface area contributed by atoms with Crippen LogP contribution in [-0.2, 0) is 4.79 Å². The SMILES string of the molecule is CSc1ccc(O[C@H](C)C(=O)Nc2ccc(O)cc2I)cc1. The van der Waals surface area contributed by atoms with Gasteiger partial charge in [-0.1, -0.05) is 0 Å². The van der Waals surface area contributed by atoms with E-state index in [2.05, 4.69) is 27.9 Å². The Morgan fingerprint density at radius 2 is 1.95 bits per heavy atom. The smallest absolute Gasteiger partial charge is 0.265 e. The first-order valence-corrected chi connectivity index (χ1v) is 8.90. The van der Waals surface area contributed by atoms with Crippen LogP contribution in [0.25, 0.3) is 0 Å². The number of anilines is 1. The van der Waals surface area contributed by atoms with Gasteiger partial charge < -0.3 is 15.2 Å². The fourth-order valence-electron chi connectivity index (χ4n) is 1.75. The van der Waals surface area contributed by atoms with Gasteiger partial charge in [0.05, 0.1) is 5.69 Å². The molecule has 2 rings (SSSR count). The van der Waals surface area contributed by atoms with Gasteiger partial charge in [0.15, 0.2) is 6.10 Å². The Balaban J connectivity index is 1.99. The number of thioether (sulfide) groups is 1. The van der Waals surface area contributed by atoms with E-state index in [-0.39, 0.29) is 11.7 Å². The molecule has 0 aliphatic rings. The molecule has 0 aromatic heterocycles. The lowest BCUT2D eigenvalue weighted by Crippen LogP contribution is -2.30. The Morgan fingerprint density at radius 1 is 1.27 bits per heavy atom. The van der Waals surface area contributed by atoms with Gasteiger partial charge in [-0.15, -0.1) is 11.8 Å². The standard InChI is InChI=1S/C16H16INO3S/c1-10(21-12-4-6-13(22-2)7-5-12)16(20)18-15-8-3-11(19)9-14(15)17/h3-10,19H,1-2H3,(H,18,20)/t10-/m1/s1. The molecule has 6 heteroatoms. The highest BCUT2D eigenvalue weighted by Gasteiger charge is 2.16. The number of ether oxygens (including phenoxy) is 1. The lowest BCUT2D eigenvalue weighted by Gasteiger charge is -2.15. The summed E-state index contributed by atoms with van der Waals surface area (Å²) < 4.78 is 6.40. The molecule has 2 aromatic rings. The van der Waals surface area contributed by atoms with Crippen molar-refractivity contribution in [3.63, 3.8) is 0 Å². The second kappa shape index (κ2) is 7.73. The second-order valence-electron chi connectivity index (χ2n) is 4.59. The van der Waals surface area contributed by atoms with Crippen LogP contribution in [0, 0.1) is 3.57 Å². The van der Waals surface area contributed by atoms with Crippen molar-refractivity contribution in [3.8, 4) is 11.5 Å². The van der Waals surface area contributed by atoms with Gasteiger partial charge in [-0.05, 0) is 78.2 Å². The number of hydrogen-bond acceptors (Lipinski definition) is 4. The molecule has 2 N–H and O–H groups in total. The summed E-state index contributed by atoms with van der Waals surface area (Å²) in [5.41, 5.74) is 0.650. The molecule has 1 amide bonds. The number of amides is 1. The van der Waals surface area contributed by atoms with Crippen LogP contribution < -0.4 is 10.1 Å². The Bertz CT molecular complexity index is 661. The molecule has 1 atom stereocenters. The number of halogens is 1. The molecule has 4 nitrogen and oxygen atoms in total. The van der Waals surface area contributed by atoms with Crippen LogP contribution in [0.4, 0.5) is 5.69 Å². The van der Waals surface area contributed by atoms with E-state index in [4.69, 9.17) is 4.74 Å². The molecule has 0 saturated heterocycles. The summed E-state index contributed by atoms with van der Waals surface area (Å²) in [5, 5.41) is 12.2. The van der Waals surface area contributed by atoms with Crippen LogP contribution in [0.2, 0.25) is 0 Å². The maximum Gasteiger partial charge on any atom is 0.265 e. The van der Waals surface area contributed by atoms with Crippen molar-refractivity contribution in [2.24, 2.45) is 0 Å². The maximum absolute atomic E-state index is 12.2. The number of phenolic OH excluding ortho intramolecular Hbond substituents is 1. The largest absolute Gasteiger partial charge is 0.508 e. The first-order valence-electron chi connectivity index (χ1n) is 6.59. The molecule has 0 bridgehead atoms. The maximum atomic E-state index is 12.2. The minimum atomic E-state index is -0.621. The van der Waals surface area contributed by atoms with Gasteiger partial charge >= 0.3 is 0 Å². The average molecular weight is 429 g/mol. The van der Waals surface area contributed by atoms with Gasteiger partial charge in [-0.3, -0.25) is 4.79 Å². The number of benzene rings is 2. The first kappa shape index (κ1) is 17.0. The molecular weight excluding hydrogens is 413 g/mol. The highest BCUT2D eigenvalue weighted by molar-refractivity contribution is 14.1. The van der Waals surface area contributed by atoms with Gasteiger partial charge in [0, 0.05) is 8.47 Å². The highest BCUT2D eigenvalue weighted by atomic mass is 127.